The quantitative estimate of drug-likeness (QED) is 0.145. The van der Waals surface area contributed by atoms with Gasteiger partial charge in [0.1, 0.15) is 16.2 Å². The van der Waals surface area contributed by atoms with Crippen LogP contribution in [0.4, 0.5) is 5.13 Å². The number of rotatable bonds is 5. The Bertz CT molecular complexity index is 1650. The van der Waals surface area contributed by atoms with E-state index in [0.29, 0.717) is 22.6 Å². The number of thiazole rings is 1. The van der Waals surface area contributed by atoms with E-state index in [2.05, 4.69) is 25.9 Å². The molecular weight excluding hydrogens is 572 g/mol. The third-order valence-corrected chi connectivity index (χ3v) is 8.06. The Morgan fingerprint density at radius 1 is 1.13 bits per heavy atom. The van der Waals surface area contributed by atoms with Crippen LogP contribution in [0.2, 0.25) is 0 Å². The molecule has 0 aliphatic carbocycles. The van der Waals surface area contributed by atoms with Gasteiger partial charge in [0, 0.05) is 10.7 Å². The van der Waals surface area contributed by atoms with E-state index in [0.717, 1.165) is 21.4 Å². The van der Waals surface area contributed by atoms with Crippen molar-refractivity contribution in [2.24, 2.45) is 0 Å². The number of ketones is 1. The molecule has 194 valence electrons. The number of hydrogen-bond donors (Lipinski definition) is 1. The molecule has 1 N–H and O–H groups in total. The third kappa shape index (κ3) is 4.11. The molecule has 4 heterocycles. The number of esters is 1. The molecular formula is C27H23BrN4O5S. The van der Waals surface area contributed by atoms with E-state index in [1.165, 1.54) is 4.90 Å². The lowest BCUT2D eigenvalue weighted by Gasteiger charge is -2.22. The van der Waals surface area contributed by atoms with Gasteiger partial charge in [-0.05, 0) is 57.0 Å². The topological polar surface area (TPSA) is 114 Å². The van der Waals surface area contributed by atoms with E-state index in [9.17, 15) is 19.5 Å². The number of ether oxygens (including phenoxy) is 1. The molecule has 9 nitrogen and oxygen atoms in total. The molecule has 1 aliphatic rings. The van der Waals surface area contributed by atoms with Gasteiger partial charge in [-0.25, -0.2) is 14.8 Å². The summed E-state index contributed by atoms with van der Waals surface area (Å²) in [5, 5.41) is 11.7. The predicted octanol–water partition coefficient (Wildman–Crippen LogP) is 5.28. The number of aromatic nitrogens is 3. The molecule has 0 radical (unpaired) electrons. The summed E-state index contributed by atoms with van der Waals surface area (Å²) in [4.78, 5) is 50.0. The summed E-state index contributed by atoms with van der Waals surface area (Å²) in [6.07, 6.45) is 1.82. The van der Waals surface area contributed by atoms with Crippen molar-refractivity contribution in [1.82, 2.24) is 14.4 Å². The number of imidazole rings is 1. The number of aliphatic hydroxyl groups excluding tert-OH is 1. The van der Waals surface area contributed by atoms with Crippen LogP contribution in [0, 0.1) is 20.8 Å². The molecule has 0 bridgehead atoms. The Labute approximate surface area is 230 Å². The zero-order chi connectivity index (χ0) is 27.3. The molecule has 5 rings (SSSR count). The Morgan fingerprint density at radius 2 is 1.84 bits per heavy atom. The molecule has 1 fully saturated rings. The minimum Gasteiger partial charge on any atom is -0.505 e. The minimum absolute atomic E-state index is 0.105. The van der Waals surface area contributed by atoms with Crippen molar-refractivity contribution in [2.75, 3.05) is 11.5 Å². The number of aryl methyl sites for hydroxylation is 3. The monoisotopic (exact) mass is 594 g/mol. The molecule has 4 aromatic rings. The minimum atomic E-state index is -0.992. The first-order valence-electron chi connectivity index (χ1n) is 11.8. The van der Waals surface area contributed by atoms with Crippen LogP contribution >= 0.6 is 27.3 Å². The van der Waals surface area contributed by atoms with Crippen molar-refractivity contribution < 1.29 is 24.2 Å². The molecule has 1 unspecified atom stereocenters. The summed E-state index contributed by atoms with van der Waals surface area (Å²) in [5.41, 5.74) is 3.22. The standard InChI is InChI=1S/C27H23BrN4O5S/c1-5-37-26(36)23-14(3)29-27(38-23)32-20(16-8-10-17(28)11-9-16)18(22(34)25(32)35)21(33)19-15(4)31-12-6-7-13(2)24(31)30-19/h6-12,20,33H,5H2,1-4H3. The van der Waals surface area contributed by atoms with E-state index in [1.54, 1.807) is 45.0 Å². The van der Waals surface area contributed by atoms with E-state index in [1.807, 2.05) is 29.7 Å². The van der Waals surface area contributed by atoms with Gasteiger partial charge in [-0.2, -0.15) is 0 Å². The van der Waals surface area contributed by atoms with E-state index in [4.69, 9.17) is 4.74 Å². The van der Waals surface area contributed by atoms with Crippen LogP contribution in [0.15, 0.2) is 52.6 Å². The number of hydrogen-bond acceptors (Lipinski definition) is 8. The fourth-order valence-electron chi connectivity index (χ4n) is 4.54. The maximum Gasteiger partial charge on any atom is 0.350 e. The molecule has 1 aromatic carbocycles. The molecule has 0 spiro atoms. The average molecular weight is 595 g/mol. The number of aliphatic hydroxyl groups is 1. The highest BCUT2D eigenvalue weighted by atomic mass is 79.9. The lowest BCUT2D eigenvalue weighted by Crippen LogP contribution is -2.29. The van der Waals surface area contributed by atoms with Gasteiger partial charge in [0.15, 0.2) is 10.9 Å². The Hall–Kier alpha value is -3.83. The zero-order valence-corrected chi connectivity index (χ0v) is 23.4. The maximum atomic E-state index is 13.5. The first-order chi connectivity index (χ1) is 18.1. The highest BCUT2D eigenvalue weighted by molar-refractivity contribution is 9.10. The summed E-state index contributed by atoms with van der Waals surface area (Å²) in [6.45, 7) is 7.21. The molecule has 1 atom stereocenters. The van der Waals surface area contributed by atoms with Crippen molar-refractivity contribution in [3.63, 3.8) is 0 Å². The second kappa shape index (κ2) is 9.80. The van der Waals surface area contributed by atoms with Gasteiger partial charge >= 0.3 is 11.9 Å². The fourth-order valence-corrected chi connectivity index (χ4v) is 5.79. The van der Waals surface area contributed by atoms with Crippen molar-refractivity contribution in [2.45, 2.75) is 33.7 Å². The van der Waals surface area contributed by atoms with Gasteiger partial charge in [-0.15, -0.1) is 0 Å². The predicted molar refractivity (Wildman–Crippen MR) is 146 cm³/mol. The Kier molecular flexibility index (Phi) is 6.66. The van der Waals surface area contributed by atoms with Gasteiger partial charge < -0.3 is 14.2 Å². The number of pyridine rings is 1. The van der Waals surface area contributed by atoms with Crippen LogP contribution in [0.25, 0.3) is 11.4 Å². The van der Waals surface area contributed by atoms with E-state index in [-0.39, 0.29) is 33.6 Å². The SMILES string of the molecule is CCOC(=O)c1sc(N2C(=O)C(=O)C(=C(O)c3nc4c(C)cccn4c3C)C2c2ccc(Br)cc2)nc1C. The number of Topliss-reactive ketones (excluding diaryl/α,β-unsaturated/α-hetero) is 1. The fraction of sp³-hybridized carbons (Fsp3) is 0.222. The number of fused-ring (bicyclic) bond motifs is 1. The first-order valence-corrected chi connectivity index (χ1v) is 13.4. The Morgan fingerprint density at radius 3 is 2.50 bits per heavy atom. The summed E-state index contributed by atoms with van der Waals surface area (Å²) in [6, 6.07) is 9.86. The van der Waals surface area contributed by atoms with Crippen LogP contribution < -0.4 is 4.90 Å². The number of anilines is 1. The second-order valence-electron chi connectivity index (χ2n) is 8.78. The largest absolute Gasteiger partial charge is 0.505 e. The smallest absolute Gasteiger partial charge is 0.350 e. The molecule has 1 aliphatic heterocycles. The molecule has 38 heavy (non-hydrogen) atoms. The zero-order valence-electron chi connectivity index (χ0n) is 21.0. The molecule has 1 amide bonds. The number of amides is 1. The van der Waals surface area contributed by atoms with Crippen LogP contribution in [-0.4, -0.2) is 43.7 Å². The number of carbonyl (C=O) groups excluding carboxylic acids is 3. The second-order valence-corrected chi connectivity index (χ2v) is 10.7. The lowest BCUT2D eigenvalue weighted by atomic mass is 9.96. The Balaban J connectivity index is 1.73. The third-order valence-electron chi connectivity index (χ3n) is 6.39. The normalized spacial score (nSPS) is 17.0. The van der Waals surface area contributed by atoms with E-state index < -0.39 is 23.7 Å². The van der Waals surface area contributed by atoms with Gasteiger partial charge in [-0.3, -0.25) is 14.5 Å². The van der Waals surface area contributed by atoms with Crippen molar-refractivity contribution in [3.05, 3.63) is 85.7 Å². The molecule has 3 aromatic heterocycles. The van der Waals surface area contributed by atoms with Crippen LogP contribution in [0.1, 0.15) is 50.8 Å². The van der Waals surface area contributed by atoms with Crippen molar-refractivity contribution >= 4 is 61.5 Å². The highest BCUT2D eigenvalue weighted by Gasteiger charge is 2.49. The van der Waals surface area contributed by atoms with Crippen molar-refractivity contribution in [3.8, 4) is 0 Å². The number of halogens is 1. The highest BCUT2D eigenvalue weighted by Crippen LogP contribution is 2.44. The molecule has 0 saturated carbocycles. The van der Waals surface area contributed by atoms with Crippen molar-refractivity contribution in [1.29, 1.82) is 0 Å². The number of carbonyl (C=O) groups is 3. The summed E-state index contributed by atoms with van der Waals surface area (Å²) in [5.74, 6) is -2.66. The molecule has 1 saturated heterocycles. The van der Waals surface area contributed by atoms with E-state index >= 15 is 0 Å². The summed E-state index contributed by atoms with van der Waals surface area (Å²) < 4.78 is 7.75. The molecule has 11 heteroatoms. The van der Waals surface area contributed by atoms with Gasteiger partial charge in [0.2, 0.25) is 0 Å². The van der Waals surface area contributed by atoms with Crippen LogP contribution in [0.5, 0.6) is 0 Å². The lowest BCUT2D eigenvalue weighted by molar-refractivity contribution is -0.132. The first kappa shape index (κ1) is 25.8. The summed E-state index contributed by atoms with van der Waals surface area (Å²) >= 11 is 4.38. The van der Waals surface area contributed by atoms with Gasteiger partial charge in [-0.1, -0.05) is 45.5 Å². The van der Waals surface area contributed by atoms with Crippen LogP contribution in [0.3, 0.4) is 0 Å². The summed E-state index contributed by atoms with van der Waals surface area (Å²) in [7, 11) is 0. The van der Waals surface area contributed by atoms with Gasteiger partial charge in [0.05, 0.1) is 29.6 Å². The number of nitrogens with zero attached hydrogens (tertiary/aromatic N) is 4. The average Bonchev–Trinajstić information content (AvgIpc) is 3.52. The number of benzene rings is 1. The van der Waals surface area contributed by atoms with Gasteiger partial charge in [0.25, 0.3) is 5.78 Å². The maximum absolute atomic E-state index is 13.5. The van der Waals surface area contributed by atoms with Crippen LogP contribution in [-0.2, 0) is 14.3 Å².